The molecule has 0 bridgehead atoms. The minimum absolute atomic E-state index is 0.286. The number of amides is 1. The van der Waals surface area contributed by atoms with E-state index in [2.05, 4.69) is 5.48 Å². The van der Waals surface area contributed by atoms with Gasteiger partial charge in [-0.05, 0) is 24.3 Å². The van der Waals surface area contributed by atoms with Crippen molar-refractivity contribution in [3.05, 3.63) is 35.9 Å². The van der Waals surface area contributed by atoms with Crippen molar-refractivity contribution in [2.75, 3.05) is 20.8 Å². The summed E-state index contributed by atoms with van der Waals surface area (Å²) in [6.07, 6.45) is 0. The van der Waals surface area contributed by atoms with Crippen molar-refractivity contribution >= 4 is 34.8 Å². The largest absolute Gasteiger partial charge is 0.325 e. The molecule has 0 spiro atoms. The molecule has 0 saturated carbocycles. The van der Waals surface area contributed by atoms with Gasteiger partial charge in [-0.2, -0.15) is 0 Å². The van der Waals surface area contributed by atoms with Gasteiger partial charge in [0.05, 0.1) is 6.61 Å². The highest BCUT2D eigenvalue weighted by Crippen LogP contribution is 2.64. The van der Waals surface area contributed by atoms with Crippen molar-refractivity contribution in [2.45, 2.75) is 12.2 Å². The zero-order chi connectivity index (χ0) is 15.0. The average molecular weight is 335 g/mol. The van der Waals surface area contributed by atoms with Gasteiger partial charge < -0.3 is 9.05 Å². The Labute approximate surface area is 128 Å². The highest BCUT2D eigenvalue weighted by atomic mass is 32.9. The normalized spacial score (nSPS) is 12.9. The first-order chi connectivity index (χ1) is 9.56. The van der Waals surface area contributed by atoms with E-state index in [1.54, 1.807) is 6.92 Å². The van der Waals surface area contributed by atoms with Gasteiger partial charge in [0.25, 0.3) is 5.91 Å². The number of hydrogen-bond donors (Lipinski definition) is 1. The van der Waals surface area contributed by atoms with Gasteiger partial charge in [0, 0.05) is 14.2 Å². The van der Waals surface area contributed by atoms with Gasteiger partial charge in [0.1, 0.15) is 5.25 Å². The van der Waals surface area contributed by atoms with E-state index >= 15 is 0 Å². The van der Waals surface area contributed by atoms with Crippen LogP contribution in [0.2, 0.25) is 0 Å². The molecule has 0 aromatic heterocycles. The summed E-state index contributed by atoms with van der Waals surface area (Å²) in [4.78, 5) is 17.2. The van der Waals surface area contributed by atoms with Crippen LogP contribution in [-0.4, -0.2) is 26.7 Å². The third-order valence-corrected chi connectivity index (χ3v) is 8.16. The summed E-state index contributed by atoms with van der Waals surface area (Å²) in [7, 11) is 2.97. The number of carbonyl (C=O) groups is 1. The van der Waals surface area contributed by atoms with E-state index in [1.807, 2.05) is 30.3 Å². The Kier molecular flexibility index (Phi) is 7.72. The predicted octanol–water partition coefficient (Wildman–Crippen LogP) is 3.05. The molecule has 0 heterocycles. The molecule has 0 fully saturated rings. The molecule has 0 saturated heterocycles. The standard InChI is InChI=1S/C12H18NO4PS2/c1-4-17-13-12(14)11(10-8-6-5-7-9-10)20-18(19,15-2)16-3/h5-9,11H,4H2,1-3H3,(H,13,14)/t11-/m0/s1. The molecule has 0 aliphatic heterocycles. The summed E-state index contributed by atoms with van der Waals surface area (Å²) in [5.41, 5.74) is 0.665. The Morgan fingerprint density at radius 1 is 1.35 bits per heavy atom. The van der Waals surface area contributed by atoms with Crippen LogP contribution in [0.5, 0.6) is 0 Å². The molecule has 1 atom stereocenters. The summed E-state index contributed by atoms with van der Waals surface area (Å²) in [5.74, 6) is -0.286. The van der Waals surface area contributed by atoms with Crippen molar-refractivity contribution in [3.63, 3.8) is 0 Å². The molecule has 1 N–H and O–H groups in total. The molecule has 0 radical (unpaired) electrons. The summed E-state index contributed by atoms with van der Waals surface area (Å²) in [6, 6.07) is 9.32. The minimum atomic E-state index is -2.56. The molecular formula is C12H18NO4PS2. The summed E-state index contributed by atoms with van der Waals surface area (Å²) in [5, 5.41) is -0.548. The Bertz CT molecular complexity index is 464. The van der Waals surface area contributed by atoms with E-state index in [0.29, 0.717) is 6.61 Å². The molecule has 8 heteroatoms. The minimum Gasteiger partial charge on any atom is -0.325 e. The molecule has 0 aliphatic rings. The topological polar surface area (TPSA) is 56.8 Å². The molecule has 1 rings (SSSR count). The van der Waals surface area contributed by atoms with Crippen LogP contribution in [0, 0.1) is 0 Å². The first-order valence-electron chi connectivity index (χ1n) is 5.92. The number of hydroxylamine groups is 1. The Morgan fingerprint density at radius 2 is 1.95 bits per heavy atom. The SMILES string of the molecule is CCONC(=O)[C@@H](SP(=S)(OC)OC)c1ccccc1. The summed E-state index contributed by atoms with van der Waals surface area (Å²) < 4.78 is 10.5. The second kappa shape index (κ2) is 8.77. The van der Waals surface area contributed by atoms with Crippen LogP contribution < -0.4 is 5.48 Å². The smallest absolute Gasteiger partial charge is 0.261 e. The maximum atomic E-state index is 12.2. The zero-order valence-electron chi connectivity index (χ0n) is 11.6. The van der Waals surface area contributed by atoms with Crippen LogP contribution in [0.1, 0.15) is 17.7 Å². The van der Waals surface area contributed by atoms with Crippen LogP contribution in [0.15, 0.2) is 30.3 Å². The molecule has 0 aliphatic carbocycles. The lowest BCUT2D eigenvalue weighted by molar-refractivity contribution is -0.132. The first kappa shape index (κ1) is 17.6. The van der Waals surface area contributed by atoms with Crippen LogP contribution in [0.4, 0.5) is 0 Å². The van der Waals surface area contributed by atoms with Crippen LogP contribution in [-0.2, 0) is 30.5 Å². The fourth-order valence-electron chi connectivity index (χ4n) is 1.37. The van der Waals surface area contributed by atoms with E-state index in [4.69, 9.17) is 25.7 Å². The van der Waals surface area contributed by atoms with E-state index in [-0.39, 0.29) is 5.91 Å². The zero-order valence-corrected chi connectivity index (χ0v) is 14.1. The van der Waals surface area contributed by atoms with Crippen LogP contribution in [0.3, 0.4) is 0 Å². The lowest BCUT2D eigenvalue weighted by Crippen LogP contribution is -2.28. The fraction of sp³-hybridized carbons (Fsp3) is 0.417. The van der Waals surface area contributed by atoms with Gasteiger partial charge in [-0.25, -0.2) is 5.48 Å². The molecule has 112 valence electrons. The van der Waals surface area contributed by atoms with Crippen molar-refractivity contribution in [2.24, 2.45) is 0 Å². The van der Waals surface area contributed by atoms with Gasteiger partial charge in [0.15, 0.2) is 0 Å². The quantitative estimate of drug-likeness (QED) is 0.582. The molecule has 0 unspecified atom stereocenters. The van der Waals surface area contributed by atoms with Crippen molar-refractivity contribution < 1.29 is 18.7 Å². The van der Waals surface area contributed by atoms with E-state index < -0.39 is 10.9 Å². The number of hydrogen-bond acceptors (Lipinski definition) is 6. The van der Waals surface area contributed by atoms with Gasteiger partial charge in [-0.15, -0.1) is 0 Å². The summed E-state index contributed by atoms with van der Waals surface area (Å²) >= 11 is 6.51. The Hall–Kier alpha value is -0.430. The first-order valence-corrected chi connectivity index (χ1v) is 10.0. The van der Waals surface area contributed by atoms with E-state index in [1.165, 1.54) is 25.6 Å². The lowest BCUT2D eigenvalue weighted by atomic mass is 10.1. The van der Waals surface area contributed by atoms with Gasteiger partial charge >= 0.3 is 0 Å². The van der Waals surface area contributed by atoms with Gasteiger partial charge in [-0.3, -0.25) is 9.63 Å². The predicted molar refractivity (Wildman–Crippen MR) is 84.8 cm³/mol. The monoisotopic (exact) mass is 335 g/mol. The Morgan fingerprint density at radius 3 is 2.45 bits per heavy atom. The highest BCUT2D eigenvalue weighted by molar-refractivity contribution is 8.68. The molecule has 5 nitrogen and oxygen atoms in total. The number of rotatable bonds is 8. The lowest BCUT2D eigenvalue weighted by Gasteiger charge is -2.23. The molecular weight excluding hydrogens is 317 g/mol. The van der Waals surface area contributed by atoms with Crippen LogP contribution in [0.25, 0.3) is 0 Å². The maximum absolute atomic E-state index is 12.2. The number of nitrogens with one attached hydrogen (secondary N) is 1. The van der Waals surface area contributed by atoms with Crippen molar-refractivity contribution in [1.29, 1.82) is 0 Å². The van der Waals surface area contributed by atoms with Gasteiger partial charge in [-0.1, -0.05) is 41.7 Å². The molecule has 20 heavy (non-hydrogen) atoms. The average Bonchev–Trinajstić information content (AvgIpc) is 2.51. The van der Waals surface area contributed by atoms with Gasteiger partial charge in [0.2, 0.25) is 5.69 Å². The maximum Gasteiger partial charge on any atom is 0.261 e. The van der Waals surface area contributed by atoms with E-state index in [9.17, 15) is 4.79 Å². The number of benzene rings is 1. The second-order valence-corrected chi connectivity index (χ2v) is 10.1. The molecule has 1 aromatic carbocycles. The number of carbonyl (C=O) groups excluding carboxylic acids is 1. The third kappa shape index (κ3) is 5.16. The second-order valence-electron chi connectivity index (χ2n) is 3.61. The van der Waals surface area contributed by atoms with Crippen molar-refractivity contribution in [1.82, 2.24) is 5.48 Å². The van der Waals surface area contributed by atoms with E-state index in [0.717, 1.165) is 5.56 Å². The van der Waals surface area contributed by atoms with Crippen molar-refractivity contribution in [3.8, 4) is 0 Å². The summed E-state index contributed by atoms with van der Waals surface area (Å²) in [6.45, 7) is 2.18. The third-order valence-electron chi connectivity index (χ3n) is 2.34. The van der Waals surface area contributed by atoms with Crippen LogP contribution >= 0.6 is 17.1 Å². The highest BCUT2D eigenvalue weighted by Gasteiger charge is 2.30. The molecule has 1 amide bonds. The Balaban J connectivity index is 2.96. The fourth-order valence-corrected chi connectivity index (χ4v) is 5.09. The molecule has 1 aromatic rings.